The van der Waals surface area contributed by atoms with Crippen molar-refractivity contribution in [1.29, 1.82) is 0 Å². The molecule has 1 N–H and O–H groups in total. The van der Waals surface area contributed by atoms with Crippen molar-refractivity contribution in [3.63, 3.8) is 0 Å². The molecule has 3 heteroatoms. The SMILES string of the molecule is ClC1CCC(CNCC2CCCO2)C1. The smallest absolute Gasteiger partial charge is 0.0700 e. The number of nitrogens with one attached hydrogen (secondary N) is 1. The second kappa shape index (κ2) is 5.34. The van der Waals surface area contributed by atoms with Gasteiger partial charge in [0, 0.05) is 18.5 Å². The van der Waals surface area contributed by atoms with Crippen LogP contribution in [-0.4, -0.2) is 31.2 Å². The number of ether oxygens (including phenoxy) is 1. The third-order valence-electron chi connectivity index (χ3n) is 3.31. The second-order valence-electron chi connectivity index (χ2n) is 4.57. The van der Waals surface area contributed by atoms with Crippen LogP contribution < -0.4 is 5.32 Å². The zero-order chi connectivity index (χ0) is 9.80. The topological polar surface area (TPSA) is 21.3 Å². The predicted molar refractivity (Wildman–Crippen MR) is 58.8 cm³/mol. The lowest BCUT2D eigenvalue weighted by Gasteiger charge is -2.14. The van der Waals surface area contributed by atoms with E-state index in [0.717, 1.165) is 25.6 Å². The molecule has 3 unspecified atom stereocenters. The van der Waals surface area contributed by atoms with Crippen LogP contribution in [0.1, 0.15) is 32.1 Å². The first-order valence-corrected chi connectivity index (χ1v) is 6.24. The van der Waals surface area contributed by atoms with Crippen molar-refractivity contribution in [3.8, 4) is 0 Å². The molecule has 82 valence electrons. The van der Waals surface area contributed by atoms with Crippen molar-refractivity contribution in [2.75, 3.05) is 19.7 Å². The fourth-order valence-corrected chi connectivity index (χ4v) is 2.83. The van der Waals surface area contributed by atoms with Gasteiger partial charge in [-0.15, -0.1) is 11.6 Å². The molecule has 0 aromatic heterocycles. The average Bonchev–Trinajstić information content (AvgIpc) is 2.77. The van der Waals surface area contributed by atoms with Crippen LogP contribution in [0, 0.1) is 5.92 Å². The molecule has 3 atom stereocenters. The van der Waals surface area contributed by atoms with Crippen molar-refractivity contribution in [1.82, 2.24) is 5.32 Å². The minimum Gasteiger partial charge on any atom is -0.377 e. The van der Waals surface area contributed by atoms with E-state index < -0.39 is 0 Å². The standard InChI is InChI=1S/C11H20ClNO/c12-10-4-3-9(6-10)7-13-8-11-2-1-5-14-11/h9-11,13H,1-8H2. The molecular weight excluding hydrogens is 198 g/mol. The molecular formula is C11H20ClNO. The molecule has 1 heterocycles. The van der Waals surface area contributed by atoms with E-state index in [0.29, 0.717) is 11.5 Å². The van der Waals surface area contributed by atoms with Crippen molar-refractivity contribution in [2.45, 2.75) is 43.6 Å². The Balaban J connectivity index is 1.54. The Morgan fingerprint density at radius 3 is 2.79 bits per heavy atom. The van der Waals surface area contributed by atoms with Gasteiger partial charge in [-0.1, -0.05) is 0 Å². The first-order chi connectivity index (χ1) is 6.84. The molecule has 0 bridgehead atoms. The van der Waals surface area contributed by atoms with E-state index in [4.69, 9.17) is 16.3 Å². The van der Waals surface area contributed by atoms with Crippen LogP contribution in [0.15, 0.2) is 0 Å². The lowest BCUT2D eigenvalue weighted by molar-refractivity contribution is 0.109. The van der Waals surface area contributed by atoms with E-state index in [1.165, 1.54) is 32.1 Å². The van der Waals surface area contributed by atoms with Gasteiger partial charge in [-0.2, -0.15) is 0 Å². The summed E-state index contributed by atoms with van der Waals surface area (Å²) in [7, 11) is 0. The molecule has 0 aromatic rings. The monoisotopic (exact) mass is 217 g/mol. The molecule has 0 spiro atoms. The third kappa shape index (κ3) is 3.11. The maximum atomic E-state index is 6.06. The first-order valence-electron chi connectivity index (χ1n) is 5.81. The van der Waals surface area contributed by atoms with E-state index in [1.807, 2.05) is 0 Å². The average molecular weight is 218 g/mol. The Morgan fingerprint density at radius 1 is 1.21 bits per heavy atom. The Labute approximate surface area is 91.3 Å². The highest BCUT2D eigenvalue weighted by Gasteiger charge is 2.23. The Kier molecular flexibility index (Phi) is 4.09. The van der Waals surface area contributed by atoms with Gasteiger partial charge in [-0.05, 0) is 44.6 Å². The minimum atomic E-state index is 0.435. The Bertz CT molecular complexity index is 171. The van der Waals surface area contributed by atoms with Crippen molar-refractivity contribution >= 4 is 11.6 Å². The van der Waals surface area contributed by atoms with Crippen molar-refractivity contribution in [2.24, 2.45) is 5.92 Å². The summed E-state index contributed by atoms with van der Waals surface area (Å²) >= 11 is 6.06. The quantitative estimate of drug-likeness (QED) is 0.729. The van der Waals surface area contributed by atoms with Gasteiger partial charge >= 0.3 is 0 Å². The second-order valence-corrected chi connectivity index (χ2v) is 5.19. The lowest BCUT2D eigenvalue weighted by Crippen LogP contribution is -2.30. The predicted octanol–water partition coefficient (Wildman–Crippen LogP) is 2.16. The number of halogens is 1. The lowest BCUT2D eigenvalue weighted by atomic mass is 10.1. The largest absolute Gasteiger partial charge is 0.377 e. The molecule has 2 fully saturated rings. The third-order valence-corrected chi connectivity index (χ3v) is 3.70. The zero-order valence-electron chi connectivity index (χ0n) is 8.68. The summed E-state index contributed by atoms with van der Waals surface area (Å²) in [5.74, 6) is 0.805. The van der Waals surface area contributed by atoms with E-state index in [-0.39, 0.29) is 0 Å². The molecule has 2 aliphatic rings. The highest BCUT2D eigenvalue weighted by atomic mass is 35.5. The molecule has 0 radical (unpaired) electrons. The summed E-state index contributed by atoms with van der Waals surface area (Å²) in [6.45, 7) is 3.12. The molecule has 1 aliphatic carbocycles. The van der Waals surface area contributed by atoms with Crippen LogP contribution in [0.25, 0.3) is 0 Å². The van der Waals surface area contributed by atoms with Crippen LogP contribution >= 0.6 is 11.6 Å². The molecule has 0 aromatic carbocycles. The number of hydrogen-bond acceptors (Lipinski definition) is 2. The van der Waals surface area contributed by atoms with E-state index in [2.05, 4.69) is 5.32 Å². The molecule has 1 saturated carbocycles. The molecule has 2 nitrogen and oxygen atoms in total. The van der Waals surface area contributed by atoms with Crippen LogP contribution in [0.5, 0.6) is 0 Å². The van der Waals surface area contributed by atoms with Crippen molar-refractivity contribution < 1.29 is 4.74 Å². The maximum absolute atomic E-state index is 6.06. The van der Waals surface area contributed by atoms with Crippen LogP contribution in [0.3, 0.4) is 0 Å². The summed E-state index contributed by atoms with van der Waals surface area (Å²) in [6, 6.07) is 0. The van der Waals surface area contributed by atoms with Gasteiger partial charge < -0.3 is 10.1 Å². The van der Waals surface area contributed by atoms with Gasteiger partial charge in [-0.25, -0.2) is 0 Å². The number of rotatable bonds is 4. The number of alkyl halides is 1. The number of hydrogen-bond donors (Lipinski definition) is 1. The highest BCUT2D eigenvalue weighted by molar-refractivity contribution is 6.20. The Morgan fingerprint density at radius 2 is 2.14 bits per heavy atom. The van der Waals surface area contributed by atoms with Gasteiger partial charge in [0.15, 0.2) is 0 Å². The molecule has 1 aliphatic heterocycles. The van der Waals surface area contributed by atoms with Gasteiger partial charge in [0.2, 0.25) is 0 Å². The zero-order valence-corrected chi connectivity index (χ0v) is 9.43. The maximum Gasteiger partial charge on any atom is 0.0700 e. The molecule has 14 heavy (non-hydrogen) atoms. The highest BCUT2D eigenvalue weighted by Crippen LogP contribution is 2.28. The van der Waals surface area contributed by atoms with Crippen LogP contribution in [0.2, 0.25) is 0 Å². The van der Waals surface area contributed by atoms with E-state index in [1.54, 1.807) is 0 Å². The first kappa shape index (κ1) is 10.7. The normalized spacial score (nSPS) is 37.9. The fraction of sp³-hybridized carbons (Fsp3) is 1.00. The summed E-state index contributed by atoms with van der Waals surface area (Å²) in [4.78, 5) is 0. The van der Waals surface area contributed by atoms with Crippen LogP contribution in [-0.2, 0) is 4.74 Å². The van der Waals surface area contributed by atoms with Crippen LogP contribution in [0.4, 0.5) is 0 Å². The molecule has 1 saturated heterocycles. The van der Waals surface area contributed by atoms with Crippen molar-refractivity contribution in [3.05, 3.63) is 0 Å². The van der Waals surface area contributed by atoms with Gasteiger partial charge in [0.1, 0.15) is 0 Å². The van der Waals surface area contributed by atoms with Gasteiger partial charge in [-0.3, -0.25) is 0 Å². The van der Waals surface area contributed by atoms with Gasteiger partial charge in [0.25, 0.3) is 0 Å². The minimum absolute atomic E-state index is 0.435. The van der Waals surface area contributed by atoms with Gasteiger partial charge in [0.05, 0.1) is 6.10 Å². The summed E-state index contributed by atoms with van der Waals surface area (Å²) in [6.07, 6.45) is 6.64. The summed E-state index contributed by atoms with van der Waals surface area (Å²) < 4.78 is 5.55. The Hall–Kier alpha value is 0.210. The summed E-state index contributed by atoms with van der Waals surface area (Å²) in [5.41, 5.74) is 0. The van der Waals surface area contributed by atoms with E-state index in [9.17, 15) is 0 Å². The fourth-order valence-electron chi connectivity index (χ4n) is 2.45. The summed E-state index contributed by atoms with van der Waals surface area (Å²) in [5, 5.41) is 3.94. The molecule has 0 amide bonds. The molecule has 2 rings (SSSR count). The van der Waals surface area contributed by atoms with E-state index >= 15 is 0 Å².